The molecule has 0 heterocycles. The first-order valence-corrected chi connectivity index (χ1v) is 6.84. The number of hydrogen-bond acceptors (Lipinski definition) is 3. The van der Waals surface area contributed by atoms with Gasteiger partial charge in [0.1, 0.15) is 23.1 Å². The van der Waals surface area contributed by atoms with Crippen molar-refractivity contribution in [2.75, 3.05) is 7.11 Å². The van der Waals surface area contributed by atoms with Gasteiger partial charge in [0.05, 0.1) is 12.1 Å². The van der Waals surface area contributed by atoms with Gasteiger partial charge in [0.2, 0.25) is 0 Å². The molecule has 0 atom stereocenters. The molecule has 2 aromatic rings. The number of methoxy groups -OCH3 is 1. The summed E-state index contributed by atoms with van der Waals surface area (Å²) < 4.78 is 10.9. The molecule has 5 heteroatoms. The largest absolute Gasteiger partial charge is 0.496 e. The standard InChI is InChI=1S/C15H15Cl2NO2/c1-19-13-6-5-10(7-11(13)8-18)9-20-14-4-2-3-12(16)15(14)17/h2-7H,8-9,18H2,1H3. The highest BCUT2D eigenvalue weighted by atomic mass is 35.5. The summed E-state index contributed by atoms with van der Waals surface area (Å²) in [6.07, 6.45) is 0. The smallest absolute Gasteiger partial charge is 0.139 e. The molecule has 0 bridgehead atoms. The quantitative estimate of drug-likeness (QED) is 0.906. The molecule has 20 heavy (non-hydrogen) atoms. The Balaban J connectivity index is 2.13. The molecule has 2 rings (SSSR count). The molecular formula is C15H15Cl2NO2. The first kappa shape index (κ1) is 15.0. The highest BCUT2D eigenvalue weighted by molar-refractivity contribution is 6.42. The van der Waals surface area contributed by atoms with Crippen molar-refractivity contribution in [2.24, 2.45) is 5.73 Å². The second-order valence-corrected chi connectivity index (χ2v) is 4.98. The third-order valence-corrected chi connectivity index (χ3v) is 3.68. The summed E-state index contributed by atoms with van der Waals surface area (Å²) in [5.74, 6) is 1.33. The van der Waals surface area contributed by atoms with Crippen molar-refractivity contribution in [1.29, 1.82) is 0 Å². The average Bonchev–Trinajstić information content (AvgIpc) is 2.48. The summed E-state index contributed by atoms with van der Waals surface area (Å²) in [6.45, 7) is 0.798. The molecule has 0 amide bonds. The Hall–Kier alpha value is -1.42. The molecule has 0 aliphatic heterocycles. The third-order valence-electron chi connectivity index (χ3n) is 2.88. The lowest BCUT2D eigenvalue weighted by Gasteiger charge is -2.11. The summed E-state index contributed by atoms with van der Waals surface area (Å²) >= 11 is 12.0. The first-order chi connectivity index (χ1) is 9.65. The number of rotatable bonds is 5. The molecule has 3 nitrogen and oxygen atoms in total. The zero-order chi connectivity index (χ0) is 14.5. The zero-order valence-electron chi connectivity index (χ0n) is 11.0. The van der Waals surface area contributed by atoms with E-state index in [1.807, 2.05) is 18.2 Å². The van der Waals surface area contributed by atoms with Gasteiger partial charge in [-0.25, -0.2) is 0 Å². The fourth-order valence-electron chi connectivity index (χ4n) is 1.84. The van der Waals surface area contributed by atoms with Crippen LogP contribution < -0.4 is 15.2 Å². The van der Waals surface area contributed by atoms with E-state index in [0.717, 1.165) is 16.9 Å². The fraction of sp³-hybridized carbons (Fsp3) is 0.200. The molecule has 0 unspecified atom stereocenters. The minimum atomic E-state index is 0.386. The lowest BCUT2D eigenvalue weighted by Crippen LogP contribution is -2.03. The highest BCUT2D eigenvalue weighted by Crippen LogP contribution is 2.32. The predicted octanol–water partition coefficient (Wildman–Crippen LogP) is 4.04. The van der Waals surface area contributed by atoms with E-state index in [-0.39, 0.29) is 0 Å². The number of benzene rings is 2. The van der Waals surface area contributed by atoms with Gasteiger partial charge >= 0.3 is 0 Å². The van der Waals surface area contributed by atoms with E-state index in [0.29, 0.717) is 28.9 Å². The Labute approximate surface area is 128 Å². The number of hydrogen-bond donors (Lipinski definition) is 1. The van der Waals surface area contributed by atoms with Gasteiger partial charge in [-0.2, -0.15) is 0 Å². The van der Waals surface area contributed by atoms with Gasteiger partial charge in [-0.15, -0.1) is 0 Å². The van der Waals surface area contributed by atoms with E-state index < -0.39 is 0 Å². The van der Waals surface area contributed by atoms with Crippen LogP contribution in [0.15, 0.2) is 36.4 Å². The lowest BCUT2D eigenvalue weighted by atomic mass is 10.1. The molecule has 0 aliphatic carbocycles. The summed E-state index contributed by atoms with van der Waals surface area (Å²) in [7, 11) is 1.62. The van der Waals surface area contributed by atoms with Gasteiger partial charge in [0.25, 0.3) is 0 Å². The topological polar surface area (TPSA) is 44.5 Å². The maximum Gasteiger partial charge on any atom is 0.139 e. The van der Waals surface area contributed by atoms with Crippen LogP contribution in [0.3, 0.4) is 0 Å². The Morgan fingerprint density at radius 3 is 2.60 bits per heavy atom. The minimum absolute atomic E-state index is 0.386. The SMILES string of the molecule is COc1ccc(COc2cccc(Cl)c2Cl)cc1CN. The van der Waals surface area contributed by atoms with Crippen LogP contribution >= 0.6 is 23.2 Å². The number of nitrogens with two attached hydrogens (primary N) is 1. The van der Waals surface area contributed by atoms with Gasteiger partial charge in [-0.05, 0) is 29.8 Å². The Kier molecular flexibility index (Phi) is 5.12. The van der Waals surface area contributed by atoms with E-state index in [1.165, 1.54) is 0 Å². The van der Waals surface area contributed by atoms with E-state index in [4.69, 9.17) is 38.4 Å². The van der Waals surface area contributed by atoms with E-state index in [2.05, 4.69) is 0 Å². The number of halogens is 2. The summed E-state index contributed by atoms with van der Waals surface area (Å²) in [6, 6.07) is 11.1. The van der Waals surface area contributed by atoms with Gasteiger partial charge in [-0.3, -0.25) is 0 Å². The Morgan fingerprint density at radius 1 is 1.10 bits per heavy atom. The second-order valence-electron chi connectivity index (χ2n) is 4.19. The average molecular weight is 312 g/mol. The monoisotopic (exact) mass is 311 g/mol. The van der Waals surface area contributed by atoms with Crippen molar-refractivity contribution in [2.45, 2.75) is 13.2 Å². The van der Waals surface area contributed by atoms with Crippen molar-refractivity contribution >= 4 is 23.2 Å². The van der Waals surface area contributed by atoms with Crippen LogP contribution in [0.25, 0.3) is 0 Å². The van der Waals surface area contributed by atoms with E-state index >= 15 is 0 Å². The van der Waals surface area contributed by atoms with Crippen LogP contribution in [0.4, 0.5) is 0 Å². The zero-order valence-corrected chi connectivity index (χ0v) is 12.5. The molecule has 0 aromatic heterocycles. The maximum absolute atomic E-state index is 6.07. The Morgan fingerprint density at radius 2 is 1.90 bits per heavy atom. The van der Waals surface area contributed by atoms with Crippen LogP contribution in [-0.2, 0) is 13.2 Å². The lowest BCUT2D eigenvalue weighted by molar-refractivity contribution is 0.306. The van der Waals surface area contributed by atoms with Crippen molar-refractivity contribution in [1.82, 2.24) is 0 Å². The molecule has 0 saturated carbocycles. The fourth-order valence-corrected chi connectivity index (χ4v) is 2.18. The maximum atomic E-state index is 6.07. The van der Waals surface area contributed by atoms with Gasteiger partial charge < -0.3 is 15.2 Å². The Bertz CT molecular complexity index is 602. The minimum Gasteiger partial charge on any atom is -0.496 e. The molecule has 0 aliphatic rings. The van der Waals surface area contributed by atoms with Crippen molar-refractivity contribution in [3.8, 4) is 11.5 Å². The molecule has 2 aromatic carbocycles. The second kappa shape index (κ2) is 6.84. The molecule has 2 N–H and O–H groups in total. The van der Waals surface area contributed by atoms with E-state index in [1.54, 1.807) is 25.3 Å². The van der Waals surface area contributed by atoms with Crippen LogP contribution in [0, 0.1) is 0 Å². The molecule has 106 valence electrons. The normalized spacial score (nSPS) is 10.4. The molecule has 0 fully saturated rings. The molecule has 0 saturated heterocycles. The summed E-state index contributed by atoms with van der Waals surface area (Å²) in [5, 5.41) is 0.892. The van der Waals surface area contributed by atoms with Gasteiger partial charge in [0, 0.05) is 12.1 Å². The highest BCUT2D eigenvalue weighted by Gasteiger charge is 2.07. The predicted molar refractivity (Wildman–Crippen MR) is 81.7 cm³/mol. The summed E-state index contributed by atoms with van der Waals surface area (Å²) in [5.41, 5.74) is 7.61. The van der Waals surface area contributed by atoms with Crippen LogP contribution in [0.2, 0.25) is 10.0 Å². The summed E-state index contributed by atoms with van der Waals surface area (Å²) in [4.78, 5) is 0. The molecule has 0 spiro atoms. The van der Waals surface area contributed by atoms with Crippen LogP contribution in [0.5, 0.6) is 11.5 Å². The molecule has 0 radical (unpaired) electrons. The van der Waals surface area contributed by atoms with E-state index in [9.17, 15) is 0 Å². The van der Waals surface area contributed by atoms with Crippen LogP contribution in [-0.4, -0.2) is 7.11 Å². The first-order valence-electron chi connectivity index (χ1n) is 6.08. The van der Waals surface area contributed by atoms with Gasteiger partial charge in [0.15, 0.2) is 0 Å². The van der Waals surface area contributed by atoms with Gasteiger partial charge in [-0.1, -0.05) is 35.3 Å². The number of ether oxygens (including phenoxy) is 2. The van der Waals surface area contributed by atoms with Crippen molar-refractivity contribution in [3.05, 3.63) is 57.6 Å². The third kappa shape index (κ3) is 3.37. The molecular weight excluding hydrogens is 297 g/mol. The van der Waals surface area contributed by atoms with Crippen molar-refractivity contribution < 1.29 is 9.47 Å². The van der Waals surface area contributed by atoms with Crippen LogP contribution in [0.1, 0.15) is 11.1 Å². The van der Waals surface area contributed by atoms with Crippen molar-refractivity contribution in [3.63, 3.8) is 0 Å².